The average molecular weight is 375 g/mol. The second kappa shape index (κ2) is 6.50. The van der Waals surface area contributed by atoms with E-state index >= 15 is 0 Å². The molecule has 26 heavy (non-hydrogen) atoms. The van der Waals surface area contributed by atoms with E-state index in [1.165, 1.54) is 0 Å². The molecule has 4 rings (SSSR count). The zero-order valence-corrected chi connectivity index (χ0v) is 15.4. The van der Waals surface area contributed by atoms with Crippen molar-refractivity contribution in [1.82, 2.24) is 15.0 Å². The number of sulfone groups is 1. The maximum absolute atomic E-state index is 12.9. The topological polar surface area (TPSA) is 93.4 Å². The van der Waals surface area contributed by atoms with Gasteiger partial charge in [-0.15, -0.1) is 0 Å². The number of amides is 1. The third-order valence-corrected chi connectivity index (χ3v) is 7.07. The number of likely N-dealkylation sites (tertiary alicyclic amines) is 1. The maximum Gasteiger partial charge on any atom is 0.232 e. The monoisotopic (exact) mass is 375 g/mol. The first-order valence-corrected chi connectivity index (χ1v) is 10.6. The molecule has 0 bridgehead atoms. The number of hydrogen-bond acceptors (Lipinski definition) is 6. The molecule has 2 aliphatic heterocycles. The van der Waals surface area contributed by atoms with Crippen molar-refractivity contribution >= 4 is 15.7 Å². The van der Waals surface area contributed by atoms with Gasteiger partial charge in [-0.1, -0.05) is 35.5 Å². The number of rotatable bonds is 3. The van der Waals surface area contributed by atoms with Crippen LogP contribution in [0, 0.1) is 12.8 Å². The van der Waals surface area contributed by atoms with Gasteiger partial charge >= 0.3 is 0 Å². The molecule has 7 nitrogen and oxygen atoms in total. The average Bonchev–Trinajstić information content (AvgIpc) is 3.33. The van der Waals surface area contributed by atoms with Crippen molar-refractivity contribution in [2.24, 2.45) is 5.92 Å². The molecular formula is C18H21N3O4S. The van der Waals surface area contributed by atoms with Gasteiger partial charge in [0.2, 0.25) is 11.8 Å². The van der Waals surface area contributed by atoms with E-state index in [0.717, 1.165) is 5.56 Å². The number of hydrogen-bond donors (Lipinski definition) is 0. The SMILES string of the molecule is Cc1noc([C@@H]2CN(C(=O)[C@H]3CCS(=O)(=O)C3)C[C@H]2c2ccccc2)n1. The molecule has 0 radical (unpaired) electrons. The predicted molar refractivity (Wildman–Crippen MR) is 94.3 cm³/mol. The Labute approximate surface area is 152 Å². The van der Waals surface area contributed by atoms with Gasteiger partial charge in [0.25, 0.3) is 0 Å². The summed E-state index contributed by atoms with van der Waals surface area (Å²) in [5.74, 6) is 0.627. The fourth-order valence-electron chi connectivity index (χ4n) is 3.98. The Hall–Kier alpha value is -2.22. The lowest BCUT2D eigenvalue weighted by Crippen LogP contribution is -2.35. The number of benzene rings is 1. The molecule has 1 aromatic heterocycles. The molecule has 2 fully saturated rings. The summed E-state index contributed by atoms with van der Waals surface area (Å²) in [4.78, 5) is 19.0. The fourth-order valence-corrected chi connectivity index (χ4v) is 5.72. The summed E-state index contributed by atoms with van der Waals surface area (Å²) < 4.78 is 28.9. The molecule has 138 valence electrons. The molecule has 0 saturated carbocycles. The van der Waals surface area contributed by atoms with E-state index in [2.05, 4.69) is 10.1 Å². The Bertz CT molecular complexity index is 910. The van der Waals surface area contributed by atoms with Crippen molar-refractivity contribution in [2.45, 2.75) is 25.2 Å². The Balaban J connectivity index is 1.60. The fraction of sp³-hybridized carbons (Fsp3) is 0.500. The highest BCUT2D eigenvalue weighted by atomic mass is 32.2. The molecule has 3 atom stereocenters. The van der Waals surface area contributed by atoms with Gasteiger partial charge in [-0.25, -0.2) is 8.42 Å². The predicted octanol–water partition coefficient (Wildman–Crippen LogP) is 1.52. The molecule has 0 aliphatic carbocycles. The lowest BCUT2D eigenvalue weighted by Gasteiger charge is -2.19. The smallest absolute Gasteiger partial charge is 0.232 e. The number of aromatic nitrogens is 2. The second-order valence-corrected chi connectivity index (χ2v) is 9.38. The van der Waals surface area contributed by atoms with Gasteiger partial charge in [0, 0.05) is 19.0 Å². The Morgan fingerprint density at radius 3 is 2.54 bits per heavy atom. The summed E-state index contributed by atoms with van der Waals surface area (Å²) in [5.41, 5.74) is 1.11. The van der Waals surface area contributed by atoms with Crippen LogP contribution >= 0.6 is 0 Å². The van der Waals surface area contributed by atoms with Crippen molar-refractivity contribution in [3.63, 3.8) is 0 Å². The first-order valence-electron chi connectivity index (χ1n) is 8.77. The standard InChI is InChI=1S/C18H21N3O4S/c1-12-19-17(25-20-12)16-10-21(9-15(16)13-5-3-2-4-6-13)18(22)14-7-8-26(23,24)11-14/h2-6,14-16H,7-11H2,1H3/t14-,15-,16+/m0/s1. The van der Waals surface area contributed by atoms with Crippen LogP contribution in [0.15, 0.2) is 34.9 Å². The zero-order valence-electron chi connectivity index (χ0n) is 14.5. The first-order chi connectivity index (χ1) is 12.4. The highest BCUT2D eigenvalue weighted by Crippen LogP contribution is 2.40. The summed E-state index contributed by atoms with van der Waals surface area (Å²) >= 11 is 0. The molecule has 0 N–H and O–H groups in total. The Morgan fingerprint density at radius 2 is 1.92 bits per heavy atom. The first kappa shape index (κ1) is 17.2. The van der Waals surface area contributed by atoms with Crippen molar-refractivity contribution in [3.05, 3.63) is 47.6 Å². The molecule has 0 unspecified atom stereocenters. The van der Waals surface area contributed by atoms with E-state index < -0.39 is 15.8 Å². The minimum Gasteiger partial charge on any atom is -0.341 e. The van der Waals surface area contributed by atoms with Gasteiger partial charge in [0.05, 0.1) is 23.3 Å². The van der Waals surface area contributed by atoms with Crippen LogP contribution in [0.4, 0.5) is 0 Å². The number of carbonyl (C=O) groups excluding carboxylic acids is 1. The van der Waals surface area contributed by atoms with E-state index in [9.17, 15) is 13.2 Å². The third-order valence-electron chi connectivity index (χ3n) is 5.30. The van der Waals surface area contributed by atoms with Crippen LogP contribution in [0.1, 0.15) is 35.5 Å². The van der Waals surface area contributed by atoms with E-state index in [4.69, 9.17) is 4.52 Å². The minimum absolute atomic E-state index is 0.0390. The molecule has 3 heterocycles. The van der Waals surface area contributed by atoms with Gasteiger partial charge < -0.3 is 9.42 Å². The summed E-state index contributed by atoms with van der Waals surface area (Å²) in [7, 11) is -3.09. The van der Waals surface area contributed by atoms with Gasteiger partial charge in [-0.2, -0.15) is 4.98 Å². The molecule has 2 saturated heterocycles. The molecule has 1 aromatic carbocycles. The van der Waals surface area contributed by atoms with Crippen molar-refractivity contribution < 1.29 is 17.7 Å². The van der Waals surface area contributed by atoms with Crippen LogP contribution in [0.2, 0.25) is 0 Å². The third kappa shape index (κ3) is 3.25. The normalized spacial score (nSPS) is 27.7. The largest absolute Gasteiger partial charge is 0.341 e. The van der Waals surface area contributed by atoms with E-state index in [0.29, 0.717) is 31.2 Å². The molecular weight excluding hydrogens is 354 g/mol. The maximum atomic E-state index is 12.9. The number of aryl methyl sites for hydroxylation is 1. The molecule has 1 amide bonds. The second-order valence-electron chi connectivity index (χ2n) is 7.15. The number of carbonyl (C=O) groups is 1. The van der Waals surface area contributed by atoms with Gasteiger partial charge in [0.1, 0.15) is 0 Å². The number of nitrogens with zero attached hydrogens (tertiary/aromatic N) is 3. The minimum atomic E-state index is -3.09. The molecule has 2 aliphatic rings. The van der Waals surface area contributed by atoms with Gasteiger partial charge in [0.15, 0.2) is 15.7 Å². The van der Waals surface area contributed by atoms with Crippen molar-refractivity contribution in [3.8, 4) is 0 Å². The molecule has 8 heteroatoms. The zero-order chi connectivity index (χ0) is 18.3. The van der Waals surface area contributed by atoms with Crippen LogP contribution in [0.5, 0.6) is 0 Å². The van der Waals surface area contributed by atoms with Crippen LogP contribution in [-0.2, 0) is 14.6 Å². The highest BCUT2D eigenvalue weighted by molar-refractivity contribution is 7.91. The summed E-state index contributed by atoms with van der Waals surface area (Å²) in [6.07, 6.45) is 0.415. The van der Waals surface area contributed by atoms with E-state index in [1.807, 2.05) is 30.3 Å². The Kier molecular flexibility index (Phi) is 4.30. The van der Waals surface area contributed by atoms with Crippen molar-refractivity contribution in [1.29, 1.82) is 0 Å². The van der Waals surface area contributed by atoms with Gasteiger partial charge in [-0.05, 0) is 18.9 Å². The molecule has 2 aromatic rings. The quantitative estimate of drug-likeness (QED) is 0.807. The summed E-state index contributed by atoms with van der Waals surface area (Å²) in [5, 5.41) is 3.89. The van der Waals surface area contributed by atoms with Gasteiger partial charge in [-0.3, -0.25) is 4.79 Å². The summed E-state index contributed by atoms with van der Waals surface area (Å²) in [6, 6.07) is 9.97. The highest BCUT2D eigenvalue weighted by Gasteiger charge is 2.43. The van der Waals surface area contributed by atoms with Crippen LogP contribution < -0.4 is 0 Å². The Morgan fingerprint density at radius 1 is 1.19 bits per heavy atom. The van der Waals surface area contributed by atoms with Crippen molar-refractivity contribution in [2.75, 3.05) is 24.6 Å². The summed E-state index contributed by atoms with van der Waals surface area (Å²) in [6.45, 7) is 2.77. The lowest BCUT2D eigenvalue weighted by molar-refractivity contribution is -0.133. The van der Waals surface area contributed by atoms with E-state index in [1.54, 1.807) is 11.8 Å². The van der Waals surface area contributed by atoms with Crippen LogP contribution in [0.25, 0.3) is 0 Å². The van der Waals surface area contributed by atoms with E-state index in [-0.39, 0.29) is 29.2 Å². The molecule has 0 spiro atoms. The van der Waals surface area contributed by atoms with Crippen LogP contribution in [0.3, 0.4) is 0 Å². The van der Waals surface area contributed by atoms with Crippen LogP contribution in [-0.4, -0.2) is 54.0 Å². The lowest BCUT2D eigenvalue weighted by atomic mass is 9.89.